The van der Waals surface area contributed by atoms with Crippen molar-refractivity contribution in [2.75, 3.05) is 19.7 Å². The summed E-state index contributed by atoms with van der Waals surface area (Å²) in [5.41, 5.74) is -3.54. The first-order chi connectivity index (χ1) is 11.7. The van der Waals surface area contributed by atoms with Gasteiger partial charge < -0.3 is 14.7 Å². The lowest BCUT2D eigenvalue weighted by Crippen LogP contribution is -2.46. The quantitative estimate of drug-likeness (QED) is 0.648. The van der Waals surface area contributed by atoms with Crippen molar-refractivity contribution in [2.24, 2.45) is 0 Å². The zero-order valence-electron chi connectivity index (χ0n) is 13.9. The van der Waals surface area contributed by atoms with E-state index in [1.165, 1.54) is 4.90 Å². The number of unbranched alkanes of at least 4 members (excludes halogenated alkanes) is 1. The van der Waals surface area contributed by atoms with E-state index >= 15 is 0 Å². The highest BCUT2D eigenvalue weighted by molar-refractivity contribution is 5.67. The second-order valence-electron chi connectivity index (χ2n) is 6.15. The van der Waals surface area contributed by atoms with Crippen LogP contribution in [0.4, 0.5) is 22.4 Å². The van der Waals surface area contributed by atoms with Crippen LogP contribution in [0, 0.1) is 5.82 Å². The molecule has 0 spiro atoms. The lowest BCUT2D eigenvalue weighted by molar-refractivity contribution is -0.140. The van der Waals surface area contributed by atoms with Gasteiger partial charge in [0.05, 0.1) is 17.8 Å². The van der Waals surface area contributed by atoms with Crippen LogP contribution >= 0.6 is 0 Å². The van der Waals surface area contributed by atoms with Crippen LogP contribution in [0.15, 0.2) is 18.2 Å². The number of alkyl halides is 3. The van der Waals surface area contributed by atoms with Gasteiger partial charge in [-0.05, 0) is 25.3 Å². The molecule has 0 saturated carbocycles. The van der Waals surface area contributed by atoms with Crippen LogP contribution in [-0.2, 0) is 16.5 Å². The van der Waals surface area contributed by atoms with Crippen molar-refractivity contribution in [3.8, 4) is 0 Å². The third-order valence-corrected chi connectivity index (χ3v) is 4.38. The van der Waals surface area contributed by atoms with E-state index in [9.17, 15) is 27.5 Å². The van der Waals surface area contributed by atoms with Gasteiger partial charge in [-0.15, -0.1) is 0 Å². The molecule has 25 heavy (non-hydrogen) atoms. The standard InChI is InChI=1S/C17H21F4NO3/c1-2-3-11-25-15(23)22-9-7-16(24,8-10-22)12-5-4-6-13(14(12)18)17(19,20)21/h4-6,24H,2-3,7-11H2,1H3. The molecule has 4 nitrogen and oxygen atoms in total. The van der Waals surface area contributed by atoms with E-state index in [0.29, 0.717) is 12.7 Å². The Morgan fingerprint density at radius 1 is 1.32 bits per heavy atom. The van der Waals surface area contributed by atoms with E-state index in [1.807, 2.05) is 6.92 Å². The highest BCUT2D eigenvalue weighted by Gasteiger charge is 2.41. The maximum Gasteiger partial charge on any atom is 0.419 e. The minimum atomic E-state index is -4.83. The fraction of sp³-hybridized carbons (Fsp3) is 0.588. The van der Waals surface area contributed by atoms with Crippen LogP contribution in [0.5, 0.6) is 0 Å². The first-order valence-electron chi connectivity index (χ1n) is 8.19. The number of hydrogen-bond donors (Lipinski definition) is 1. The van der Waals surface area contributed by atoms with Gasteiger partial charge in [-0.1, -0.05) is 25.5 Å². The summed E-state index contributed by atoms with van der Waals surface area (Å²) in [4.78, 5) is 13.2. The Bertz CT molecular complexity index is 610. The van der Waals surface area contributed by atoms with E-state index in [1.54, 1.807) is 0 Å². The molecule has 0 atom stereocenters. The smallest absolute Gasteiger partial charge is 0.419 e. The van der Waals surface area contributed by atoms with Crippen LogP contribution < -0.4 is 0 Å². The average Bonchev–Trinajstić information content (AvgIpc) is 2.54. The molecule has 8 heteroatoms. The largest absolute Gasteiger partial charge is 0.449 e. The van der Waals surface area contributed by atoms with Crippen molar-refractivity contribution in [2.45, 2.75) is 44.4 Å². The molecular formula is C17H21F4NO3. The van der Waals surface area contributed by atoms with E-state index < -0.39 is 29.3 Å². The number of aliphatic hydroxyl groups is 1. The number of amides is 1. The van der Waals surface area contributed by atoms with Gasteiger partial charge in [0.1, 0.15) is 5.82 Å². The summed E-state index contributed by atoms with van der Waals surface area (Å²) in [5, 5.41) is 10.6. The predicted molar refractivity (Wildman–Crippen MR) is 82.4 cm³/mol. The second-order valence-corrected chi connectivity index (χ2v) is 6.15. The minimum absolute atomic E-state index is 0.0614. The summed E-state index contributed by atoms with van der Waals surface area (Å²) in [6, 6.07) is 2.87. The summed E-state index contributed by atoms with van der Waals surface area (Å²) < 4.78 is 57.9. The van der Waals surface area contributed by atoms with Crippen molar-refractivity contribution in [3.63, 3.8) is 0 Å². The van der Waals surface area contributed by atoms with Gasteiger partial charge in [0, 0.05) is 18.7 Å². The fourth-order valence-corrected chi connectivity index (χ4v) is 2.83. The molecule has 0 bridgehead atoms. The Kier molecular flexibility index (Phi) is 5.92. The van der Waals surface area contributed by atoms with Crippen molar-refractivity contribution in [3.05, 3.63) is 35.1 Å². The number of rotatable bonds is 4. The third-order valence-electron chi connectivity index (χ3n) is 4.38. The predicted octanol–water partition coefficient (Wildman–Crippen LogP) is 4.06. The molecule has 0 aliphatic carbocycles. The van der Waals surface area contributed by atoms with E-state index in [-0.39, 0.29) is 31.5 Å². The lowest BCUT2D eigenvalue weighted by Gasteiger charge is -2.38. The third kappa shape index (κ3) is 4.42. The molecule has 0 aromatic heterocycles. The molecule has 1 heterocycles. The molecular weight excluding hydrogens is 342 g/mol. The molecule has 1 aromatic carbocycles. The van der Waals surface area contributed by atoms with Gasteiger partial charge in [0.2, 0.25) is 0 Å². The lowest BCUT2D eigenvalue weighted by atomic mass is 9.83. The van der Waals surface area contributed by atoms with Crippen LogP contribution in [0.2, 0.25) is 0 Å². The normalized spacial score (nSPS) is 17.4. The van der Waals surface area contributed by atoms with Crippen molar-refractivity contribution in [1.82, 2.24) is 4.90 Å². The van der Waals surface area contributed by atoms with Crippen LogP contribution in [0.3, 0.4) is 0 Å². The van der Waals surface area contributed by atoms with Gasteiger partial charge in [0.15, 0.2) is 0 Å². The van der Waals surface area contributed by atoms with Crippen molar-refractivity contribution < 1.29 is 32.2 Å². The summed E-state index contributed by atoms with van der Waals surface area (Å²) in [6.45, 7) is 2.41. The molecule has 1 aromatic rings. The summed E-state index contributed by atoms with van der Waals surface area (Å²) in [5.74, 6) is -1.46. The molecule has 1 fully saturated rings. The molecule has 1 aliphatic heterocycles. The van der Waals surface area contributed by atoms with Gasteiger partial charge in [0.25, 0.3) is 0 Å². The summed E-state index contributed by atoms with van der Waals surface area (Å²) >= 11 is 0. The number of carbonyl (C=O) groups excluding carboxylic acids is 1. The highest BCUT2D eigenvalue weighted by Crippen LogP contribution is 2.39. The molecule has 1 saturated heterocycles. The van der Waals surface area contributed by atoms with Gasteiger partial charge >= 0.3 is 12.3 Å². The number of nitrogens with zero attached hydrogens (tertiary/aromatic N) is 1. The molecule has 0 radical (unpaired) electrons. The molecule has 140 valence electrons. The van der Waals surface area contributed by atoms with Gasteiger partial charge in [-0.2, -0.15) is 13.2 Å². The Morgan fingerprint density at radius 3 is 2.52 bits per heavy atom. The second kappa shape index (κ2) is 7.59. The fourth-order valence-electron chi connectivity index (χ4n) is 2.83. The zero-order valence-corrected chi connectivity index (χ0v) is 13.9. The maximum atomic E-state index is 14.3. The zero-order chi connectivity index (χ0) is 18.7. The monoisotopic (exact) mass is 363 g/mol. The SMILES string of the molecule is CCCCOC(=O)N1CCC(O)(c2cccc(C(F)(F)F)c2F)CC1. The highest BCUT2D eigenvalue weighted by atomic mass is 19.4. The first-order valence-corrected chi connectivity index (χ1v) is 8.19. The van der Waals surface area contributed by atoms with E-state index in [2.05, 4.69) is 0 Å². The average molecular weight is 363 g/mol. The number of halogens is 4. The minimum Gasteiger partial charge on any atom is -0.449 e. The Labute approximate surface area is 143 Å². The Hall–Kier alpha value is -1.83. The van der Waals surface area contributed by atoms with Gasteiger partial charge in [-0.25, -0.2) is 9.18 Å². The number of piperidine rings is 1. The summed E-state index contributed by atoms with van der Waals surface area (Å²) in [6.07, 6.45) is -3.87. The topological polar surface area (TPSA) is 49.8 Å². The number of hydrogen-bond acceptors (Lipinski definition) is 3. The molecule has 2 rings (SSSR count). The Balaban J connectivity index is 2.09. The van der Waals surface area contributed by atoms with Crippen LogP contribution in [-0.4, -0.2) is 35.8 Å². The maximum absolute atomic E-state index is 14.3. The number of benzene rings is 1. The van der Waals surface area contributed by atoms with Crippen molar-refractivity contribution >= 4 is 6.09 Å². The number of ether oxygens (including phenoxy) is 1. The number of likely N-dealkylation sites (tertiary alicyclic amines) is 1. The van der Waals surface area contributed by atoms with Crippen LogP contribution in [0.1, 0.15) is 43.7 Å². The molecule has 0 unspecified atom stereocenters. The molecule has 1 amide bonds. The van der Waals surface area contributed by atoms with E-state index in [0.717, 1.165) is 25.0 Å². The summed E-state index contributed by atoms with van der Waals surface area (Å²) in [7, 11) is 0. The van der Waals surface area contributed by atoms with Crippen LogP contribution in [0.25, 0.3) is 0 Å². The Morgan fingerprint density at radius 2 is 1.96 bits per heavy atom. The molecule has 1 N–H and O–H groups in total. The van der Waals surface area contributed by atoms with Gasteiger partial charge in [-0.3, -0.25) is 0 Å². The number of carbonyl (C=O) groups is 1. The van der Waals surface area contributed by atoms with E-state index in [4.69, 9.17) is 4.74 Å². The molecule has 1 aliphatic rings. The van der Waals surface area contributed by atoms with Crippen molar-refractivity contribution in [1.29, 1.82) is 0 Å². The first kappa shape index (κ1) is 19.5.